The lowest BCUT2D eigenvalue weighted by molar-refractivity contribution is -0.121. The molecule has 0 bridgehead atoms. The van der Waals surface area contributed by atoms with Gasteiger partial charge in [-0.3, -0.25) is 9.59 Å². The van der Waals surface area contributed by atoms with Gasteiger partial charge in [-0.15, -0.1) is 0 Å². The van der Waals surface area contributed by atoms with E-state index in [1.165, 1.54) is 14.2 Å². The van der Waals surface area contributed by atoms with Gasteiger partial charge >= 0.3 is 0 Å². The Balaban J connectivity index is 1.60. The molecular formula is C23H28O7. The van der Waals surface area contributed by atoms with Gasteiger partial charge < -0.3 is 23.7 Å². The SMILES string of the molecule is COC1=C(OC)C(=O)C2=C(CCC(CCOc3cc(OC)cc(OC)c3)CC2)C1=O. The Bertz CT molecular complexity index is 819. The monoisotopic (exact) mass is 416 g/mol. The van der Waals surface area contributed by atoms with Gasteiger partial charge in [0, 0.05) is 29.3 Å². The average molecular weight is 416 g/mol. The van der Waals surface area contributed by atoms with Crippen LogP contribution in [0.5, 0.6) is 17.2 Å². The largest absolute Gasteiger partial charge is 0.496 e. The Labute approximate surface area is 176 Å². The molecule has 3 rings (SSSR count). The third-order valence-corrected chi connectivity index (χ3v) is 5.66. The van der Waals surface area contributed by atoms with Crippen molar-refractivity contribution in [3.05, 3.63) is 40.9 Å². The molecule has 0 saturated carbocycles. The number of hydrogen-bond acceptors (Lipinski definition) is 7. The fourth-order valence-corrected chi connectivity index (χ4v) is 3.99. The van der Waals surface area contributed by atoms with Gasteiger partial charge in [0.15, 0.2) is 0 Å². The molecule has 0 heterocycles. The number of methoxy groups -OCH3 is 4. The van der Waals surface area contributed by atoms with Gasteiger partial charge in [0.2, 0.25) is 23.1 Å². The van der Waals surface area contributed by atoms with E-state index in [1.807, 2.05) is 12.1 Å². The van der Waals surface area contributed by atoms with Crippen molar-refractivity contribution in [3.63, 3.8) is 0 Å². The number of ketones is 2. The molecule has 1 aromatic carbocycles. The molecular weight excluding hydrogens is 388 g/mol. The van der Waals surface area contributed by atoms with Crippen molar-refractivity contribution in [1.29, 1.82) is 0 Å². The lowest BCUT2D eigenvalue weighted by Crippen LogP contribution is -2.25. The van der Waals surface area contributed by atoms with Crippen molar-refractivity contribution in [3.8, 4) is 17.2 Å². The Morgan fingerprint density at radius 3 is 1.63 bits per heavy atom. The first kappa shape index (κ1) is 21.7. The zero-order valence-corrected chi connectivity index (χ0v) is 17.9. The molecule has 7 heteroatoms. The molecule has 1 aromatic rings. The maximum atomic E-state index is 12.8. The van der Waals surface area contributed by atoms with Crippen molar-refractivity contribution in [2.45, 2.75) is 32.1 Å². The van der Waals surface area contributed by atoms with Crippen molar-refractivity contribution in [2.75, 3.05) is 35.0 Å². The smallest absolute Gasteiger partial charge is 0.228 e. The zero-order valence-electron chi connectivity index (χ0n) is 17.9. The molecule has 0 radical (unpaired) electrons. The minimum Gasteiger partial charge on any atom is -0.496 e. The summed E-state index contributed by atoms with van der Waals surface area (Å²) in [4.78, 5) is 25.5. The summed E-state index contributed by atoms with van der Waals surface area (Å²) in [6, 6.07) is 5.42. The summed E-state index contributed by atoms with van der Waals surface area (Å²) >= 11 is 0. The molecule has 0 atom stereocenters. The van der Waals surface area contributed by atoms with Crippen LogP contribution in [0.1, 0.15) is 32.1 Å². The highest BCUT2D eigenvalue weighted by atomic mass is 16.5. The minimum atomic E-state index is -0.232. The van der Waals surface area contributed by atoms with Crippen LogP contribution in [0.25, 0.3) is 0 Å². The summed E-state index contributed by atoms with van der Waals surface area (Å²) in [7, 11) is 5.96. The van der Waals surface area contributed by atoms with Crippen molar-refractivity contribution >= 4 is 11.6 Å². The molecule has 2 aliphatic rings. The van der Waals surface area contributed by atoms with Crippen LogP contribution >= 0.6 is 0 Å². The van der Waals surface area contributed by atoms with E-state index in [-0.39, 0.29) is 23.1 Å². The highest BCUT2D eigenvalue weighted by Crippen LogP contribution is 2.37. The number of benzene rings is 1. The van der Waals surface area contributed by atoms with Crippen molar-refractivity contribution < 1.29 is 33.3 Å². The second-order valence-electron chi connectivity index (χ2n) is 7.31. The molecule has 7 nitrogen and oxygen atoms in total. The highest BCUT2D eigenvalue weighted by molar-refractivity contribution is 6.23. The lowest BCUT2D eigenvalue weighted by atomic mass is 9.89. The van der Waals surface area contributed by atoms with E-state index in [4.69, 9.17) is 23.7 Å². The molecule has 0 saturated heterocycles. The molecule has 0 amide bonds. The quantitative estimate of drug-likeness (QED) is 0.599. The first-order chi connectivity index (χ1) is 14.5. The van der Waals surface area contributed by atoms with Crippen LogP contribution in [0.3, 0.4) is 0 Å². The summed E-state index contributed by atoms with van der Waals surface area (Å²) in [6.07, 6.45) is 3.58. The Hall–Kier alpha value is -2.96. The maximum Gasteiger partial charge on any atom is 0.228 e. The van der Waals surface area contributed by atoms with E-state index in [1.54, 1.807) is 20.3 Å². The number of allylic oxidation sites excluding steroid dienone is 2. The van der Waals surface area contributed by atoms with E-state index in [0.717, 1.165) is 19.3 Å². The number of rotatable bonds is 8. The van der Waals surface area contributed by atoms with Crippen molar-refractivity contribution in [2.24, 2.45) is 5.92 Å². The summed E-state index contributed by atoms with van der Waals surface area (Å²) < 4.78 is 26.8. The molecule has 30 heavy (non-hydrogen) atoms. The molecule has 162 valence electrons. The molecule has 0 aliphatic heterocycles. The summed E-state index contributed by atoms with van der Waals surface area (Å²) in [6.45, 7) is 0.526. The van der Waals surface area contributed by atoms with Gasteiger partial charge in [-0.05, 0) is 38.0 Å². The van der Waals surface area contributed by atoms with Gasteiger partial charge in [-0.25, -0.2) is 0 Å². The fourth-order valence-electron chi connectivity index (χ4n) is 3.99. The Morgan fingerprint density at radius 1 is 0.733 bits per heavy atom. The first-order valence-electron chi connectivity index (χ1n) is 10.0. The molecule has 2 aliphatic carbocycles. The number of Topliss-reactive ketones (excluding diaryl/α,β-unsaturated/α-hetero) is 2. The lowest BCUT2D eigenvalue weighted by Gasteiger charge is -2.20. The number of carbonyl (C=O) groups excluding carboxylic acids is 2. The molecule has 0 unspecified atom stereocenters. The van der Waals surface area contributed by atoms with Crippen LogP contribution in [0.4, 0.5) is 0 Å². The van der Waals surface area contributed by atoms with E-state index in [9.17, 15) is 9.59 Å². The first-order valence-corrected chi connectivity index (χ1v) is 10.0. The highest BCUT2D eigenvalue weighted by Gasteiger charge is 2.37. The van der Waals surface area contributed by atoms with E-state index >= 15 is 0 Å². The normalized spacial score (nSPS) is 17.5. The maximum absolute atomic E-state index is 12.8. The van der Waals surface area contributed by atoms with Crippen LogP contribution in [-0.2, 0) is 19.1 Å². The van der Waals surface area contributed by atoms with Crippen LogP contribution in [0.15, 0.2) is 40.9 Å². The Kier molecular flexibility index (Phi) is 7.03. The standard InChI is InChI=1S/C23H28O7/c1-26-15-11-16(27-2)13-17(12-15)30-10-9-14-5-7-18-19(8-6-14)21(25)23(29-4)22(28-3)20(18)24/h11-14H,5-10H2,1-4H3. The summed E-state index contributed by atoms with van der Waals surface area (Å²) in [5.74, 6) is 1.92. The van der Waals surface area contributed by atoms with Crippen LogP contribution < -0.4 is 14.2 Å². The van der Waals surface area contributed by atoms with E-state index in [0.29, 0.717) is 53.8 Å². The number of hydrogen-bond donors (Lipinski definition) is 0. The predicted octanol–water partition coefficient (Wildman–Crippen LogP) is 3.62. The fraction of sp³-hybridized carbons (Fsp3) is 0.478. The van der Waals surface area contributed by atoms with Gasteiger partial charge in [0.05, 0.1) is 35.0 Å². The molecule has 0 fully saturated rings. The average Bonchev–Trinajstić information content (AvgIpc) is 2.98. The molecule has 0 N–H and O–H groups in total. The topological polar surface area (TPSA) is 80.3 Å². The summed E-state index contributed by atoms with van der Waals surface area (Å²) in [5.41, 5.74) is 1.14. The second kappa shape index (κ2) is 9.69. The van der Waals surface area contributed by atoms with Gasteiger partial charge in [-0.1, -0.05) is 0 Å². The number of ether oxygens (including phenoxy) is 5. The zero-order chi connectivity index (χ0) is 21.7. The van der Waals surface area contributed by atoms with Crippen LogP contribution in [0.2, 0.25) is 0 Å². The molecule has 0 aromatic heterocycles. The minimum absolute atomic E-state index is 0.00926. The number of carbonyl (C=O) groups is 2. The van der Waals surface area contributed by atoms with Crippen LogP contribution in [0, 0.1) is 5.92 Å². The third kappa shape index (κ3) is 4.45. The predicted molar refractivity (Wildman–Crippen MR) is 110 cm³/mol. The van der Waals surface area contributed by atoms with Crippen molar-refractivity contribution in [1.82, 2.24) is 0 Å². The second-order valence-corrected chi connectivity index (χ2v) is 7.31. The van der Waals surface area contributed by atoms with Gasteiger partial charge in [0.1, 0.15) is 17.2 Å². The molecule has 0 spiro atoms. The summed E-state index contributed by atoms with van der Waals surface area (Å²) in [5, 5.41) is 0. The van der Waals surface area contributed by atoms with E-state index < -0.39 is 0 Å². The van der Waals surface area contributed by atoms with Crippen LogP contribution in [-0.4, -0.2) is 46.6 Å². The van der Waals surface area contributed by atoms with E-state index in [2.05, 4.69) is 0 Å². The van der Waals surface area contributed by atoms with Gasteiger partial charge in [-0.2, -0.15) is 0 Å². The Morgan fingerprint density at radius 2 is 1.20 bits per heavy atom. The van der Waals surface area contributed by atoms with Gasteiger partial charge in [0.25, 0.3) is 0 Å². The third-order valence-electron chi connectivity index (χ3n) is 5.66.